The summed E-state index contributed by atoms with van der Waals surface area (Å²) in [5.74, 6) is 0.455. The first-order valence-corrected chi connectivity index (χ1v) is 13.0. The first-order valence-electron chi connectivity index (χ1n) is 10.2. The average Bonchev–Trinajstić information content (AvgIpc) is 3.47. The maximum atomic E-state index is 12.8. The van der Waals surface area contributed by atoms with E-state index in [0.29, 0.717) is 14.9 Å². The van der Waals surface area contributed by atoms with E-state index < -0.39 is 0 Å². The highest BCUT2D eigenvalue weighted by atomic mass is 35.5. The number of aromatic nitrogens is 4. The molecule has 5 rings (SSSR count). The number of benzene rings is 2. The van der Waals surface area contributed by atoms with Gasteiger partial charge in [0.05, 0.1) is 5.02 Å². The lowest BCUT2D eigenvalue weighted by molar-refractivity contribution is 0.0982. The van der Waals surface area contributed by atoms with Gasteiger partial charge in [0.1, 0.15) is 9.88 Å². The Bertz CT molecular complexity index is 1590. The number of hydrogen-bond acceptors (Lipinski definition) is 7. The highest BCUT2D eigenvalue weighted by Gasteiger charge is 2.19. The fourth-order valence-electron chi connectivity index (χ4n) is 3.43. The lowest BCUT2D eigenvalue weighted by atomic mass is 10.1. The molecule has 7 nitrogen and oxygen atoms in total. The molecule has 0 saturated heterocycles. The number of rotatable bonds is 4. The number of aryl methyl sites for hydroxylation is 2. The van der Waals surface area contributed by atoms with Gasteiger partial charge in [0.25, 0.3) is 5.91 Å². The van der Waals surface area contributed by atoms with E-state index in [1.807, 2.05) is 32.0 Å². The molecule has 12 heteroatoms. The summed E-state index contributed by atoms with van der Waals surface area (Å²) in [7, 11) is 0. The van der Waals surface area contributed by atoms with Crippen molar-refractivity contribution in [3.05, 3.63) is 62.7 Å². The van der Waals surface area contributed by atoms with Crippen LogP contribution in [0.15, 0.2) is 36.4 Å². The molecule has 0 atom stereocenters. The van der Waals surface area contributed by atoms with Crippen molar-refractivity contribution >= 4 is 89.8 Å². The van der Waals surface area contributed by atoms with Crippen LogP contribution in [-0.2, 0) is 6.42 Å². The minimum Gasteiger partial charge on any atom is -0.332 e. The Morgan fingerprint density at radius 2 is 1.97 bits per heavy atom. The fourth-order valence-corrected chi connectivity index (χ4v) is 6.18. The molecule has 3 aromatic heterocycles. The van der Waals surface area contributed by atoms with Crippen LogP contribution in [-0.4, -0.2) is 30.8 Å². The van der Waals surface area contributed by atoms with Crippen molar-refractivity contribution in [2.24, 2.45) is 0 Å². The number of anilines is 1. The summed E-state index contributed by atoms with van der Waals surface area (Å²) in [5, 5.41) is 21.5. The van der Waals surface area contributed by atoms with Crippen molar-refractivity contribution in [1.29, 1.82) is 0 Å². The summed E-state index contributed by atoms with van der Waals surface area (Å²) >= 11 is 20.6. The van der Waals surface area contributed by atoms with Crippen molar-refractivity contribution < 1.29 is 4.79 Å². The molecule has 0 unspecified atom stereocenters. The number of thiocarbonyl (C=S) groups is 1. The second-order valence-corrected chi connectivity index (χ2v) is 10.6. The van der Waals surface area contributed by atoms with Crippen molar-refractivity contribution in [3.63, 3.8) is 0 Å². The molecule has 0 aliphatic rings. The Labute approximate surface area is 217 Å². The SMILES string of the molecule is CCc1nnc2sc(-c3ccc(NC(=S)NC(=O)c4sc5cc(Cl)ccc5c4Cl)c(C)c3)nn12. The van der Waals surface area contributed by atoms with Crippen LogP contribution in [0.25, 0.3) is 25.6 Å². The zero-order chi connectivity index (χ0) is 24.0. The van der Waals surface area contributed by atoms with Crippen molar-refractivity contribution in [2.45, 2.75) is 20.3 Å². The summed E-state index contributed by atoms with van der Waals surface area (Å²) in [6, 6.07) is 11.2. The van der Waals surface area contributed by atoms with Crippen LogP contribution in [0.5, 0.6) is 0 Å². The number of carbonyl (C=O) groups is 1. The molecule has 3 heterocycles. The number of amides is 1. The smallest absolute Gasteiger partial charge is 0.269 e. The van der Waals surface area contributed by atoms with Gasteiger partial charge in [-0.05, 0) is 55.0 Å². The molecule has 34 heavy (non-hydrogen) atoms. The van der Waals surface area contributed by atoms with E-state index >= 15 is 0 Å². The first-order chi connectivity index (χ1) is 16.3. The number of hydrogen-bond donors (Lipinski definition) is 2. The number of fused-ring (bicyclic) bond motifs is 2. The Balaban J connectivity index is 1.31. The van der Waals surface area contributed by atoms with E-state index in [2.05, 4.69) is 25.9 Å². The Morgan fingerprint density at radius 1 is 1.15 bits per heavy atom. The van der Waals surface area contributed by atoms with Crippen LogP contribution < -0.4 is 10.6 Å². The van der Waals surface area contributed by atoms with E-state index in [0.717, 1.165) is 49.1 Å². The van der Waals surface area contributed by atoms with Crippen LogP contribution in [0.1, 0.15) is 28.0 Å². The summed E-state index contributed by atoms with van der Waals surface area (Å²) in [6.07, 6.45) is 0.760. The van der Waals surface area contributed by atoms with Gasteiger partial charge in [-0.15, -0.1) is 21.5 Å². The highest BCUT2D eigenvalue weighted by Crippen LogP contribution is 2.36. The third kappa shape index (κ3) is 4.27. The summed E-state index contributed by atoms with van der Waals surface area (Å²) < 4.78 is 2.61. The van der Waals surface area contributed by atoms with Crippen LogP contribution in [0, 0.1) is 6.92 Å². The molecule has 0 saturated carbocycles. The maximum Gasteiger partial charge on any atom is 0.269 e. The van der Waals surface area contributed by atoms with Gasteiger partial charge in [-0.3, -0.25) is 10.1 Å². The van der Waals surface area contributed by atoms with E-state index in [1.165, 1.54) is 22.7 Å². The number of nitrogens with zero attached hydrogens (tertiary/aromatic N) is 4. The summed E-state index contributed by atoms with van der Waals surface area (Å²) in [4.78, 5) is 13.9. The van der Waals surface area contributed by atoms with Gasteiger partial charge in [0.2, 0.25) is 4.96 Å². The van der Waals surface area contributed by atoms with Gasteiger partial charge in [0.15, 0.2) is 10.9 Å². The normalized spacial score (nSPS) is 11.3. The van der Waals surface area contributed by atoms with Gasteiger partial charge < -0.3 is 5.32 Å². The van der Waals surface area contributed by atoms with Crippen molar-refractivity contribution in [3.8, 4) is 10.6 Å². The molecule has 0 aliphatic heterocycles. The molecule has 0 fully saturated rings. The van der Waals surface area contributed by atoms with E-state index in [1.54, 1.807) is 22.7 Å². The fraction of sp³-hybridized carbons (Fsp3) is 0.136. The molecule has 5 aromatic rings. The van der Waals surface area contributed by atoms with Crippen LogP contribution in [0.2, 0.25) is 10.0 Å². The Hall–Kier alpha value is -2.63. The molecular weight excluding hydrogens is 531 g/mol. The predicted molar refractivity (Wildman–Crippen MR) is 144 cm³/mol. The first kappa shape index (κ1) is 23.1. The highest BCUT2D eigenvalue weighted by molar-refractivity contribution is 7.80. The molecule has 172 valence electrons. The van der Waals surface area contributed by atoms with E-state index in [9.17, 15) is 4.79 Å². The lowest BCUT2D eigenvalue weighted by Crippen LogP contribution is -2.34. The van der Waals surface area contributed by atoms with E-state index in [-0.39, 0.29) is 11.0 Å². The second-order valence-electron chi connectivity index (χ2n) is 7.39. The quantitative estimate of drug-likeness (QED) is 0.255. The average molecular weight is 548 g/mol. The number of carbonyl (C=O) groups excluding carboxylic acids is 1. The standard InChI is InChI=1S/C22H16Cl2N6OS3/c1-3-16-27-28-22-30(16)29-20(34-22)11-4-7-14(10(2)8-11)25-21(32)26-19(31)18-17(24)13-6-5-12(23)9-15(13)33-18/h4-9H,3H2,1-2H3,(H2,25,26,31,32). The summed E-state index contributed by atoms with van der Waals surface area (Å²) in [5.41, 5.74) is 2.69. The largest absolute Gasteiger partial charge is 0.332 e. The van der Waals surface area contributed by atoms with Crippen molar-refractivity contribution in [1.82, 2.24) is 25.1 Å². The zero-order valence-electron chi connectivity index (χ0n) is 17.8. The van der Waals surface area contributed by atoms with Gasteiger partial charge >= 0.3 is 0 Å². The molecule has 1 amide bonds. The molecule has 0 spiro atoms. The van der Waals surface area contributed by atoms with Gasteiger partial charge in [-0.25, -0.2) is 0 Å². The third-order valence-electron chi connectivity index (χ3n) is 5.12. The monoisotopic (exact) mass is 546 g/mol. The second kappa shape index (κ2) is 9.20. The van der Waals surface area contributed by atoms with E-state index in [4.69, 9.17) is 35.4 Å². The molecule has 0 radical (unpaired) electrons. The van der Waals surface area contributed by atoms with Crippen LogP contribution in [0.4, 0.5) is 5.69 Å². The Kier molecular flexibility index (Phi) is 6.26. The maximum absolute atomic E-state index is 12.8. The van der Waals surface area contributed by atoms with Gasteiger partial charge in [-0.2, -0.15) is 9.61 Å². The van der Waals surface area contributed by atoms with Crippen LogP contribution in [0.3, 0.4) is 0 Å². The summed E-state index contributed by atoms with van der Waals surface area (Å²) in [6.45, 7) is 3.98. The van der Waals surface area contributed by atoms with Crippen LogP contribution >= 0.6 is 58.1 Å². The molecule has 0 aliphatic carbocycles. The lowest BCUT2D eigenvalue weighted by Gasteiger charge is -2.12. The minimum absolute atomic E-state index is 0.179. The zero-order valence-corrected chi connectivity index (χ0v) is 21.8. The molecule has 0 bridgehead atoms. The number of halogens is 2. The molecular formula is C22H16Cl2N6OS3. The van der Waals surface area contributed by atoms with Gasteiger partial charge in [-0.1, -0.05) is 47.5 Å². The Morgan fingerprint density at radius 3 is 2.74 bits per heavy atom. The molecule has 2 N–H and O–H groups in total. The van der Waals surface area contributed by atoms with Crippen molar-refractivity contribution in [2.75, 3.05) is 5.32 Å². The number of nitrogens with one attached hydrogen (secondary N) is 2. The number of thiophene rings is 1. The minimum atomic E-state index is -0.374. The third-order valence-corrected chi connectivity index (χ3v) is 8.16. The predicted octanol–water partition coefficient (Wildman–Crippen LogP) is 6.37. The molecule has 2 aromatic carbocycles. The van der Waals surface area contributed by atoms with Gasteiger partial charge in [0, 0.05) is 32.8 Å². The topological polar surface area (TPSA) is 84.2 Å².